The summed E-state index contributed by atoms with van der Waals surface area (Å²) in [5, 5.41) is 0. The summed E-state index contributed by atoms with van der Waals surface area (Å²) in [6.45, 7) is 1.87. The van der Waals surface area contributed by atoms with Gasteiger partial charge in [0.2, 0.25) is 0 Å². The monoisotopic (exact) mass is 234 g/mol. The summed E-state index contributed by atoms with van der Waals surface area (Å²) in [6.07, 6.45) is 13.7. The molecule has 3 aliphatic rings. The maximum atomic E-state index is 5.97. The van der Waals surface area contributed by atoms with Gasteiger partial charge in [0.15, 0.2) is 0 Å². The van der Waals surface area contributed by atoms with Gasteiger partial charge in [-0.15, -0.1) is 0 Å². The van der Waals surface area contributed by atoms with E-state index < -0.39 is 0 Å². The number of hydrogen-bond donors (Lipinski definition) is 1. The van der Waals surface area contributed by atoms with Crippen LogP contribution in [0.2, 0.25) is 0 Å². The van der Waals surface area contributed by atoms with E-state index in [-0.39, 0.29) is 5.60 Å². The molecule has 3 rings (SSSR count). The highest BCUT2D eigenvalue weighted by atomic mass is 16.5. The lowest BCUT2D eigenvalue weighted by atomic mass is 9.80. The Morgan fingerprint density at radius 2 is 2.12 bits per heavy atom. The zero-order valence-electron chi connectivity index (χ0n) is 10.4. The summed E-state index contributed by atoms with van der Waals surface area (Å²) in [5.74, 6) is 0. The molecular weight excluding hydrogens is 212 g/mol. The standard InChI is InChI=1S/C14H22N2O/c15-12-3-1-9-16(11-12)13-4-7-14(8-5-13)6-2-10-17-14/h1,3,9,13H,2,4-8,10-11,15H2/t13-,14-. The molecule has 1 spiro atoms. The molecule has 0 aromatic rings. The molecule has 0 aromatic carbocycles. The highest BCUT2D eigenvalue weighted by Crippen LogP contribution is 2.40. The maximum absolute atomic E-state index is 5.97. The molecule has 2 fully saturated rings. The molecule has 17 heavy (non-hydrogen) atoms. The third-order valence-corrected chi connectivity index (χ3v) is 4.47. The molecular formula is C14H22N2O. The lowest BCUT2D eigenvalue weighted by molar-refractivity contribution is -0.0376. The predicted octanol–water partition coefficient (Wildman–Crippen LogP) is 2.15. The topological polar surface area (TPSA) is 38.5 Å². The molecule has 2 N–H and O–H groups in total. The van der Waals surface area contributed by atoms with Crippen LogP contribution >= 0.6 is 0 Å². The zero-order chi connectivity index (χ0) is 11.7. The minimum atomic E-state index is 0.247. The SMILES string of the molecule is NC1=CC=CN([C@H]2CC[C@@]3(CCCO3)CC2)C1. The van der Waals surface area contributed by atoms with E-state index in [4.69, 9.17) is 10.5 Å². The normalized spacial score (nSPS) is 37.5. The van der Waals surface area contributed by atoms with E-state index in [0.29, 0.717) is 6.04 Å². The molecule has 0 unspecified atom stereocenters. The highest BCUT2D eigenvalue weighted by molar-refractivity contribution is 5.17. The largest absolute Gasteiger partial charge is 0.401 e. The van der Waals surface area contributed by atoms with Crippen molar-refractivity contribution < 1.29 is 4.74 Å². The molecule has 0 aromatic heterocycles. The summed E-state index contributed by atoms with van der Waals surface area (Å²) < 4.78 is 5.97. The number of nitrogens with two attached hydrogens (primary N) is 1. The van der Waals surface area contributed by atoms with Crippen molar-refractivity contribution in [1.29, 1.82) is 0 Å². The van der Waals surface area contributed by atoms with Crippen molar-refractivity contribution in [2.45, 2.75) is 50.2 Å². The van der Waals surface area contributed by atoms with Crippen LogP contribution in [0.1, 0.15) is 38.5 Å². The lowest BCUT2D eigenvalue weighted by Crippen LogP contribution is -2.43. The number of allylic oxidation sites excluding steroid dienone is 2. The van der Waals surface area contributed by atoms with Crippen molar-refractivity contribution in [3.63, 3.8) is 0 Å². The fourth-order valence-electron chi connectivity index (χ4n) is 3.45. The molecule has 1 aliphatic carbocycles. The number of rotatable bonds is 1. The van der Waals surface area contributed by atoms with Crippen LogP contribution in [-0.2, 0) is 4.74 Å². The Bertz CT molecular complexity index is 332. The van der Waals surface area contributed by atoms with Crippen molar-refractivity contribution in [1.82, 2.24) is 4.90 Å². The minimum Gasteiger partial charge on any atom is -0.401 e. The Kier molecular flexibility index (Phi) is 2.87. The zero-order valence-corrected chi connectivity index (χ0v) is 10.4. The predicted molar refractivity (Wildman–Crippen MR) is 68.3 cm³/mol. The first-order chi connectivity index (χ1) is 8.27. The van der Waals surface area contributed by atoms with E-state index in [9.17, 15) is 0 Å². The Hall–Kier alpha value is -0.960. The third kappa shape index (κ3) is 2.21. The molecule has 2 aliphatic heterocycles. The van der Waals surface area contributed by atoms with Crippen molar-refractivity contribution in [2.75, 3.05) is 13.2 Å². The summed E-state index contributed by atoms with van der Waals surface area (Å²) in [5.41, 5.74) is 7.12. The first-order valence-electron chi connectivity index (χ1n) is 6.80. The quantitative estimate of drug-likeness (QED) is 0.755. The van der Waals surface area contributed by atoms with E-state index in [2.05, 4.69) is 17.2 Å². The summed E-state index contributed by atoms with van der Waals surface area (Å²) in [7, 11) is 0. The van der Waals surface area contributed by atoms with Crippen LogP contribution < -0.4 is 5.73 Å². The second-order valence-electron chi connectivity index (χ2n) is 5.62. The Morgan fingerprint density at radius 3 is 2.76 bits per heavy atom. The van der Waals surface area contributed by atoms with E-state index >= 15 is 0 Å². The van der Waals surface area contributed by atoms with Crippen molar-refractivity contribution >= 4 is 0 Å². The van der Waals surface area contributed by atoms with Gasteiger partial charge < -0.3 is 15.4 Å². The Balaban J connectivity index is 1.58. The van der Waals surface area contributed by atoms with E-state index in [1.165, 1.54) is 38.5 Å². The molecule has 0 atom stereocenters. The van der Waals surface area contributed by atoms with Gasteiger partial charge in [0.05, 0.1) is 12.1 Å². The van der Waals surface area contributed by atoms with Gasteiger partial charge in [0, 0.05) is 18.3 Å². The summed E-state index contributed by atoms with van der Waals surface area (Å²) >= 11 is 0. The van der Waals surface area contributed by atoms with Gasteiger partial charge in [0.25, 0.3) is 0 Å². The molecule has 0 radical (unpaired) electrons. The fourth-order valence-corrected chi connectivity index (χ4v) is 3.45. The third-order valence-electron chi connectivity index (χ3n) is 4.47. The molecule has 0 amide bonds. The molecule has 2 heterocycles. The van der Waals surface area contributed by atoms with Crippen molar-refractivity contribution in [2.24, 2.45) is 5.73 Å². The highest BCUT2D eigenvalue weighted by Gasteiger charge is 2.39. The lowest BCUT2D eigenvalue weighted by Gasteiger charge is -2.41. The van der Waals surface area contributed by atoms with Crippen LogP contribution in [0.3, 0.4) is 0 Å². The average molecular weight is 234 g/mol. The summed E-state index contributed by atoms with van der Waals surface area (Å²) in [6, 6.07) is 0.660. The van der Waals surface area contributed by atoms with Crippen LogP contribution in [0.25, 0.3) is 0 Å². The van der Waals surface area contributed by atoms with Crippen molar-refractivity contribution in [3.8, 4) is 0 Å². The van der Waals surface area contributed by atoms with E-state index in [0.717, 1.165) is 18.8 Å². The van der Waals surface area contributed by atoms with Crippen LogP contribution in [-0.4, -0.2) is 29.7 Å². The maximum Gasteiger partial charge on any atom is 0.0685 e. The molecule has 3 heteroatoms. The summed E-state index contributed by atoms with van der Waals surface area (Å²) in [4.78, 5) is 2.40. The fraction of sp³-hybridized carbons (Fsp3) is 0.714. The van der Waals surface area contributed by atoms with Crippen LogP contribution in [0, 0.1) is 0 Å². The van der Waals surface area contributed by atoms with E-state index in [1.807, 2.05) is 6.08 Å². The molecule has 3 nitrogen and oxygen atoms in total. The number of hydrogen-bond acceptors (Lipinski definition) is 3. The number of nitrogens with zero attached hydrogens (tertiary/aromatic N) is 1. The molecule has 94 valence electrons. The molecule has 1 saturated heterocycles. The van der Waals surface area contributed by atoms with Crippen LogP contribution in [0.5, 0.6) is 0 Å². The molecule has 1 saturated carbocycles. The average Bonchev–Trinajstić information content (AvgIpc) is 2.79. The van der Waals surface area contributed by atoms with Gasteiger partial charge in [-0.25, -0.2) is 0 Å². The number of ether oxygens (including phenoxy) is 1. The Labute approximate surface area is 103 Å². The van der Waals surface area contributed by atoms with Crippen molar-refractivity contribution in [3.05, 3.63) is 24.0 Å². The van der Waals surface area contributed by atoms with Gasteiger partial charge in [-0.05, 0) is 56.9 Å². The van der Waals surface area contributed by atoms with Crippen LogP contribution in [0.4, 0.5) is 0 Å². The second-order valence-corrected chi connectivity index (χ2v) is 5.62. The molecule has 0 bridgehead atoms. The Morgan fingerprint density at radius 1 is 1.29 bits per heavy atom. The first-order valence-corrected chi connectivity index (χ1v) is 6.80. The van der Waals surface area contributed by atoms with Crippen LogP contribution in [0.15, 0.2) is 24.0 Å². The first kappa shape index (κ1) is 11.1. The van der Waals surface area contributed by atoms with E-state index in [1.54, 1.807) is 0 Å². The minimum absolute atomic E-state index is 0.247. The van der Waals surface area contributed by atoms with Gasteiger partial charge in [0.1, 0.15) is 0 Å². The van der Waals surface area contributed by atoms with Gasteiger partial charge in [-0.3, -0.25) is 0 Å². The second kappa shape index (κ2) is 4.37. The van der Waals surface area contributed by atoms with Gasteiger partial charge in [-0.1, -0.05) is 0 Å². The van der Waals surface area contributed by atoms with Gasteiger partial charge >= 0.3 is 0 Å². The smallest absolute Gasteiger partial charge is 0.0685 e. The van der Waals surface area contributed by atoms with Gasteiger partial charge in [-0.2, -0.15) is 0 Å².